The second kappa shape index (κ2) is 20.8. The number of aliphatic hydroxyl groups is 3. The maximum Gasteiger partial charge on any atom is 0.187 e. The van der Waals surface area contributed by atoms with Crippen LogP contribution in [0.5, 0.6) is 0 Å². The Bertz CT molecular complexity index is 1710. The Morgan fingerprint density at radius 2 is 1.09 bits per heavy atom. The molecule has 0 unspecified atom stereocenters. The minimum atomic E-state index is -1.68. The predicted octanol–water partition coefficient (Wildman–Crippen LogP) is 3.44. The van der Waals surface area contributed by atoms with Gasteiger partial charge in [-0.15, -0.1) is 0 Å². The molecule has 0 radical (unpaired) electrons. The SMILES string of the molecule is CO[C@@H]1O[C@H](CN=[N+]=[N-])[C@@H](O[C@H]2O[C@H](CN=[N+]=[N-])[C@@H](OCc3ccccc3)[C@H](OCc3ccccc3)[C@H]2N=[N+]=[N-])[C@H](O[C@@H]2O[C@H](CO)[C@@H](O)[C@H]2O)[C@H]1N=[N+]=[N-]. The van der Waals surface area contributed by atoms with E-state index < -0.39 is 99.0 Å². The highest BCUT2D eigenvalue weighted by atomic mass is 16.8. The third-order valence-corrected chi connectivity index (χ3v) is 9.13. The molecule has 3 aliphatic heterocycles. The van der Waals surface area contributed by atoms with E-state index in [-0.39, 0.29) is 19.8 Å². The molecule has 5 rings (SSSR count). The Morgan fingerprint density at radius 3 is 1.60 bits per heavy atom. The Morgan fingerprint density at radius 1 is 0.600 bits per heavy atom. The fourth-order valence-electron chi connectivity index (χ4n) is 6.52. The number of hydrogen-bond donors (Lipinski definition) is 3. The number of benzene rings is 2. The number of hydrogen-bond acceptors (Lipinski definition) is 15. The number of ether oxygens (including phenoxy) is 8. The highest BCUT2D eigenvalue weighted by Crippen LogP contribution is 2.37. The number of aliphatic hydroxyl groups excluding tert-OH is 3. The summed E-state index contributed by atoms with van der Waals surface area (Å²) in [6.45, 7) is -1.27. The Labute approximate surface area is 313 Å². The van der Waals surface area contributed by atoms with Crippen molar-refractivity contribution in [3.8, 4) is 0 Å². The molecule has 23 nitrogen and oxygen atoms in total. The van der Waals surface area contributed by atoms with Gasteiger partial charge in [0.2, 0.25) is 0 Å². The average molecular weight is 769 g/mol. The van der Waals surface area contributed by atoms with Crippen LogP contribution in [0.2, 0.25) is 0 Å². The van der Waals surface area contributed by atoms with Gasteiger partial charge in [0.25, 0.3) is 0 Å². The summed E-state index contributed by atoms with van der Waals surface area (Å²) < 4.78 is 48.9. The highest BCUT2D eigenvalue weighted by Gasteiger charge is 2.55. The van der Waals surface area contributed by atoms with E-state index >= 15 is 0 Å². The standard InChI is InChI=1S/C32H40N12O11/c1-48-30-23(40-44-36)29(55-32-25(47)24(46)21(14-45)53-32)27(20(51-30)13-38-42-34)54-31-22(39-43-35)28(50-16-18-10-6-3-7-11-18)26(19(52-31)12-37-41-33)49-15-17-8-4-2-5-9-17/h2-11,19-32,45-47H,12-16H2,1H3/t19-,20-,21-,22-,23-,24-,25-,26-,27-,28-,29-,30-,31-,32+/m1/s1. The fourth-order valence-corrected chi connectivity index (χ4v) is 6.52. The lowest BCUT2D eigenvalue weighted by molar-refractivity contribution is -0.341. The van der Waals surface area contributed by atoms with Crippen molar-refractivity contribution in [2.75, 3.05) is 26.8 Å². The number of azide groups is 4. The molecule has 0 aromatic heterocycles. The van der Waals surface area contributed by atoms with Crippen LogP contribution in [0.25, 0.3) is 41.8 Å². The molecule has 0 saturated carbocycles. The molecule has 55 heavy (non-hydrogen) atoms. The average Bonchev–Trinajstić information content (AvgIpc) is 3.48. The molecule has 3 N–H and O–H groups in total. The van der Waals surface area contributed by atoms with Crippen LogP contribution < -0.4 is 0 Å². The lowest BCUT2D eigenvalue weighted by Crippen LogP contribution is -2.65. The van der Waals surface area contributed by atoms with Crippen molar-refractivity contribution < 1.29 is 53.2 Å². The summed E-state index contributed by atoms with van der Waals surface area (Å²) in [5, 5.41) is 46.1. The molecule has 0 aliphatic carbocycles. The van der Waals surface area contributed by atoms with E-state index in [2.05, 4.69) is 40.1 Å². The zero-order valence-corrected chi connectivity index (χ0v) is 29.4. The van der Waals surface area contributed by atoms with Gasteiger partial charge >= 0.3 is 0 Å². The lowest BCUT2D eigenvalue weighted by Gasteiger charge is -2.49. The summed E-state index contributed by atoms with van der Waals surface area (Å²) in [4.78, 5) is 11.7. The molecule has 3 fully saturated rings. The predicted molar refractivity (Wildman–Crippen MR) is 186 cm³/mol. The summed E-state index contributed by atoms with van der Waals surface area (Å²) in [6.07, 6.45) is -16.3. The van der Waals surface area contributed by atoms with Gasteiger partial charge in [0.05, 0.1) is 45.1 Å². The molecule has 294 valence electrons. The van der Waals surface area contributed by atoms with Crippen molar-refractivity contribution in [3.05, 3.63) is 114 Å². The van der Waals surface area contributed by atoms with Crippen molar-refractivity contribution in [1.82, 2.24) is 0 Å². The summed E-state index contributed by atoms with van der Waals surface area (Å²) in [5.74, 6) is 0. The minimum absolute atomic E-state index is 0.0205. The third kappa shape index (κ3) is 10.3. The summed E-state index contributed by atoms with van der Waals surface area (Å²) in [5.41, 5.74) is 39.5. The zero-order valence-electron chi connectivity index (χ0n) is 29.4. The first-order chi connectivity index (χ1) is 26.9. The van der Waals surface area contributed by atoms with E-state index in [1.54, 1.807) is 0 Å². The molecule has 23 heteroatoms. The second-order valence-electron chi connectivity index (χ2n) is 12.5. The smallest absolute Gasteiger partial charge is 0.187 e. The molecular formula is C32H40N12O11. The maximum absolute atomic E-state index is 10.8. The van der Waals surface area contributed by atoms with Gasteiger partial charge in [-0.3, -0.25) is 0 Å². The number of rotatable bonds is 18. The molecule has 3 aliphatic rings. The number of nitrogens with zero attached hydrogens (tertiary/aromatic N) is 12. The van der Waals surface area contributed by atoms with Gasteiger partial charge in [0, 0.05) is 26.8 Å². The molecule has 3 saturated heterocycles. The van der Waals surface area contributed by atoms with E-state index in [1.165, 1.54) is 7.11 Å². The van der Waals surface area contributed by atoms with Crippen LogP contribution in [0.1, 0.15) is 11.1 Å². The normalized spacial score (nSPS) is 34.3. The summed E-state index contributed by atoms with van der Waals surface area (Å²) in [7, 11) is 1.26. The molecule has 2 aromatic carbocycles. The molecule has 0 bridgehead atoms. The van der Waals surface area contributed by atoms with E-state index in [4.69, 9.17) is 37.9 Å². The second-order valence-corrected chi connectivity index (χ2v) is 12.5. The van der Waals surface area contributed by atoms with Gasteiger partial charge < -0.3 is 53.2 Å². The van der Waals surface area contributed by atoms with E-state index in [0.29, 0.717) is 0 Å². The maximum atomic E-state index is 10.8. The largest absolute Gasteiger partial charge is 0.394 e. The molecule has 2 aromatic rings. The molecule has 0 spiro atoms. The van der Waals surface area contributed by atoms with Gasteiger partial charge in [-0.1, -0.05) is 81.1 Å². The first-order valence-corrected chi connectivity index (χ1v) is 17.1. The van der Waals surface area contributed by atoms with Crippen LogP contribution >= 0.6 is 0 Å². The first kappa shape index (κ1) is 41.4. The van der Waals surface area contributed by atoms with Gasteiger partial charge in [0.1, 0.15) is 54.8 Å². The highest BCUT2D eigenvalue weighted by molar-refractivity contribution is 5.15. The Hall–Kier alpha value is -4.76. The van der Waals surface area contributed by atoms with Crippen molar-refractivity contribution >= 4 is 0 Å². The topological polar surface area (TPSA) is 330 Å². The van der Waals surface area contributed by atoms with Gasteiger partial charge in [-0.2, -0.15) is 0 Å². The number of methoxy groups -OCH3 is 1. The van der Waals surface area contributed by atoms with Crippen molar-refractivity contribution in [1.29, 1.82) is 0 Å². The van der Waals surface area contributed by atoms with Crippen molar-refractivity contribution in [3.63, 3.8) is 0 Å². The monoisotopic (exact) mass is 768 g/mol. The van der Waals surface area contributed by atoms with Gasteiger partial charge in [-0.25, -0.2) is 0 Å². The van der Waals surface area contributed by atoms with E-state index in [1.807, 2.05) is 60.7 Å². The van der Waals surface area contributed by atoms with Crippen LogP contribution in [0, 0.1) is 0 Å². The Kier molecular flexibility index (Phi) is 15.7. The lowest BCUT2D eigenvalue weighted by atomic mass is 9.94. The summed E-state index contributed by atoms with van der Waals surface area (Å²) in [6, 6.07) is 15.6. The van der Waals surface area contributed by atoms with Gasteiger partial charge in [-0.05, 0) is 33.3 Å². The van der Waals surface area contributed by atoms with E-state index in [9.17, 15) is 37.4 Å². The van der Waals surface area contributed by atoms with Crippen LogP contribution in [0.3, 0.4) is 0 Å². The molecule has 3 heterocycles. The van der Waals surface area contributed by atoms with Crippen LogP contribution in [-0.2, 0) is 51.1 Å². The molecular weight excluding hydrogens is 728 g/mol. The van der Waals surface area contributed by atoms with E-state index in [0.717, 1.165) is 11.1 Å². The van der Waals surface area contributed by atoms with Crippen LogP contribution in [0.4, 0.5) is 0 Å². The first-order valence-electron chi connectivity index (χ1n) is 17.1. The van der Waals surface area contributed by atoms with Crippen molar-refractivity contribution in [2.45, 2.75) is 99.1 Å². The van der Waals surface area contributed by atoms with Gasteiger partial charge in [0.15, 0.2) is 18.9 Å². The van der Waals surface area contributed by atoms with Crippen molar-refractivity contribution in [2.24, 2.45) is 20.5 Å². The minimum Gasteiger partial charge on any atom is -0.394 e. The Balaban J connectivity index is 1.56. The van der Waals surface area contributed by atoms with Crippen LogP contribution in [0.15, 0.2) is 81.1 Å². The fraction of sp³-hybridized carbons (Fsp3) is 0.625. The quantitative estimate of drug-likeness (QED) is 0.112. The van der Waals surface area contributed by atoms with Crippen LogP contribution in [-0.4, -0.2) is 128 Å². The molecule has 14 atom stereocenters. The third-order valence-electron chi connectivity index (χ3n) is 9.13. The zero-order chi connectivity index (χ0) is 39.2. The summed E-state index contributed by atoms with van der Waals surface area (Å²) >= 11 is 0. The molecule has 0 amide bonds.